The average Bonchev–Trinajstić information content (AvgIpc) is 2.24. The van der Waals surface area contributed by atoms with Gasteiger partial charge in [0.2, 0.25) is 0 Å². The second-order valence-corrected chi connectivity index (χ2v) is 3.73. The fourth-order valence-electron chi connectivity index (χ4n) is 1.18. The molecular formula is C13H12F2O3. The normalized spacial score (nSPS) is 10.6. The first-order valence-electron chi connectivity index (χ1n) is 5.07. The van der Waals surface area contributed by atoms with Crippen LogP contribution in [0.25, 0.3) is 6.08 Å². The van der Waals surface area contributed by atoms with Crippen molar-refractivity contribution in [2.75, 3.05) is 6.61 Å². The van der Waals surface area contributed by atoms with Crippen LogP contribution in [0.4, 0.5) is 8.78 Å². The van der Waals surface area contributed by atoms with Crippen LogP contribution in [0.2, 0.25) is 0 Å². The summed E-state index contributed by atoms with van der Waals surface area (Å²) in [6, 6.07) is 1.99. The van der Waals surface area contributed by atoms with Crippen molar-refractivity contribution in [1.82, 2.24) is 0 Å². The molecule has 0 radical (unpaired) electrons. The summed E-state index contributed by atoms with van der Waals surface area (Å²) < 4.78 is 31.9. The number of rotatable bonds is 5. The van der Waals surface area contributed by atoms with Crippen LogP contribution < -0.4 is 4.74 Å². The number of carbonyl (C=O) groups is 1. The maximum Gasteiger partial charge on any atom is 0.328 e. The summed E-state index contributed by atoms with van der Waals surface area (Å²) in [5.41, 5.74) is 0.735. The summed E-state index contributed by atoms with van der Waals surface area (Å²) in [6.07, 6.45) is 1.89. The lowest BCUT2D eigenvalue weighted by Crippen LogP contribution is -2.02. The van der Waals surface area contributed by atoms with Gasteiger partial charge in [0.15, 0.2) is 17.4 Å². The summed E-state index contributed by atoms with van der Waals surface area (Å²) in [4.78, 5) is 10.3. The summed E-state index contributed by atoms with van der Waals surface area (Å²) in [7, 11) is 0. The summed E-state index contributed by atoms with van der Waals surface area (Å²) >= 11 is 0. The Labute approximate surface area is 103 Å². The number of aliphatic carboxylic acids is 1. The van der Waals surface area contributed by atoms with E-state index < -0.39 is 23.4 Å². The Balaban J connectivity index is 2.97. The van der Waals surface area contributed by atoms with Gasteiger partial charge in [0.1, 0.15) is 6.61 Å². The highest BCUT2D eigenvalue weighted by molar-refractivity contribution is 5.85. The van der Waals surface area contributed by atoms with E-state index >= 15 is 0 Å². The molecule has 0 spiro atoms. The van der Waals surface area contributed by atoms with Crippen LogP contribution in [0, 0.1) is 11.6 Å². The van der Waals surface area contributed by atoms with E-state index in [1.165, 1.54) is 0 Å². The van der Waals surface area contributed by atoms with Gasteiger partial charge in [-0.3, -0.25) is 0 Å². The molecule has 1 aromatic carbocycles. The van der Waals surface area contributed by atoms with Crippen LogP contribution in [-0.2, 0) is 4.79 Å². The number of hydrogen-bond acceptors (Lipinski definition) is 2. The second kappa shape index (κ2) is 5.95. The molecule has 1 N–H and O–H groups in total. The van der Waals surface area contributed by atoms with Crippen LogP contribution in [0.3, 0.4) is 0 Å². The number of halogens is 2. The van der Waals surface area contributed by atoms with Gasteiger partial charge in [-0.15, -0.1) is 0 Å². The van der Waals surface area contributed by atoms with E-state index in [1.54, 1.807) is 6.92 Å². The zero-order valence-electron chi connectivity index (χ0n) is 9.74. The molecule has 1 rings (SSSR count). The Morgan fingerprint density at radius 1 is 1.44 bits per heavy atom. The average molecular weight is 254 g/mol. The first kappa shape index (κ1) is 13.9. The molecule has 3 nitrogen and oxygen atoms in total. The highest BCUT2D eigenvalue weighted by Crippen LogP contribution is 2.24. The lowest BCUT2D eigenvalue weighted by atomic mass is 10.2. The van der Waals surface area contributed by atoms with Crippen LogP contribution in [0.1, 0.15) is 12.5 Å². The van der Waals surface area contributed by atoms with Gasteiger partial charge in [-0.05, 0) is 36.3 Å². The molecular weight excluding hydrogens is 242 g/mol. The maximum atomic E-state index is 13.5. The van der Waals surface area contributed by atoms with Crippen LogP contribution in [0.15, 0.2) is 30.4 Å². The van der Waals surface area contributed by atoms with E-state index in [9.17, 15) is 13.6 Å². The zero-order valence-corrected chi connectivity index (χ0v) is 9.74. The molecule has 0 bridgehead atoms. The van der Waals surface area contributed by atoms with Crippen molar-refractivity contribution in [1.29, 1.82) is 0 Å². The Morgan fingerprint density at radius 3 is 2.44 bits per heavy atom. The largest absolute Gasteiger partial charge is 0.483 e. The molecule has 0 aromatic heterocycles. The van der Waals surface area contributed by atoms with E-state index in [0.717, 1.165) is 24.3 Å². The van der Waals surface area contributed by atoms with Crippen molar-refractivity contribution < 1.29 is 23.4 Å². The first-order chi connectivity index (χ1) is 8.40. The Hall–Kier alpha value is -2.17. The van der Waals surface area contributed by atoms with Gasteiger partial charge in [0.25, 0.3) is 0 Å². The number of carboxylic acid groups (broad SMARTS) is 1. The monoisotopic (exact) mass is 254 g/mol. The molecule has 96 valence electrons. The van der Waals surface area contributed by atoms with Crippen molar-refractivity contribution in [3.05, 3.63) is 47.6 Å². The van der Waals surface area contributed by atoms with Gasteiger partial charge in [-0.2, -0.15) is 0 Å². The molecule has 0 unspecified atom stereocenters. The summed E-state index contributed by atoms with van der Waals surface area (Å²) in [5, 5.41) is 8.40. The quantitative estimate of drug-likeness (QED) is 0.649. The van der Waals surface area contributed by atoms with Crippen LogP contribution >= 0.6 is 0 Å². The van der Waals surface area contributed by atoms with Crippen LogP contribution in [-0.4, -0.2) is 17.7 Å². The fraction of sp³-hybridized carbons (Fsp3) is 0.154. The second-order valence-electron chi connectivity index (χ2n) is 3.73. The predicted molar refractivity (Wildman–Crippen MR) is 63.3 cm³/mol. The molecule has 18 heavy (non-hydrogen) atoms. The minimum atomic E-state index is -1.20. The third kappa shape index (κ3) is 4.01. The highest BCUT2D eigenvalue weighted by Gasteiger charge is 2.11. The topological polar surface area (TPSA) is 46.5 Å². The predicted octanol–water partition coefficient (Wildman–Crippen LogP) is 3.02. The van der Waals surface area contributed by atoms with Crippen molar-refractivity contribution in [3.8, 4) is 5.75 Å². The molecule has 0 aliphatic heterocycles. The molecule has 0 amide bonds. The molecule has 0 aliphatic rings. The number of hydrogen-bond donors (Lipinski definition) is 1. The number of carboxylic acids is 1. The van der Waals surface area contributed by atoms with E-state index in [-0.39, 0.29) is 12.2 Å². The Bertz CT molecular complexity index is 484. The molecule has 0 aliphatic carbocycles. The van der Waals surface area contributed by atoms with Crippen LogP contribution in [0.5, 0.6) is 5.75 Å². The lowest BCUT2D eigenvalue weighted by Gasteiger charge is -2.08. The van der Waals surface area contributed by atoms with Gasteiger partial charge < -0.3 is 9.84 Å². The third-order valence-corrected chi connectivity index (χ3v) is 1.90. The van der Waals surface area contributed by atoms with Gasteiger partial charge in [0.05, 0.1) is 0 Å². The van der Waals surface area contributed by atoms with Gasteiger partial charge in [0, 0.05) is 6.08 Å². The molecule has 0 atom stereocenters. The molecule has 0 saturated heterocycles. The maximum absolute atomic E-state index is 13.5. The van der Waals surface area contributed by atoms with E-state index in [0.29, 0.717) is 5.57 Å². The summed E-state index contributed by atoms with van der Waals surface area (Å²) in [6.45, 7) is 5.23. The minimum Gasteiger partial charge on any atom is -0.483 e. The third-order valence-electron chi connectivity index (χ3n) is 1.90. The zero-order chi connectivity index (χ0) is 13.7. The Kier molecular flexibility index (Phi) is 4.59. The number of ether oxygens (including phenoxy) is 1. The molecule has 5 heteroatoms. The van der Waals surface area contributed by atoms with Crippen molar-refractivity contribution >= 4 is 12.0 Å². The van der Waals surface area contributed by atoms with E-state index in [1.807, 2.05) is 0 Å². The lowest BCUT2D eigenvalue weighted by molar-refractivity contribution is -0.131. The molecule has 0 heterocycles. The minimum absolute atomic E-state index is 0.0121. The Morgan fingerprint density at radius 2 is 2.00 bits per heavy atom. The van der Waals surface area contributed by atoms with E-state index in [2.05, 4.69) is 6.58 Å². The number of benzene rings is 1. The standard InChI is InChI=1S/C13H12F2O3/c1-8(2)7-18-13-10(14)5-9(6-11(13)15)3-4-12(16)17/h3-6H,1,7H2,2H3,(H,16,17). The SMILES string of the molecule is C=C(C)COc1c(F)cc(C=CC(=O)O)cc1F. The fourth-order valence-corrected chi connectivity index (χ4v) is 1.18. The first-order valence-corrected chi connectivity index (χ1v) is 5.07. The molecule has 0 saturated carbocycles. The van der Waals surface area contributed by atoms with Crippen molar-refractivity contribution in [2.24, 2.45) is 0 Å². The summed E-state index contributed by atoms with van der Waals surface area (Å²) in [5.74, 6) is -3.47. The molecule has 1 aromatic rings. The van der Waals surface area contributed by atoms with Gasteiger partial charge in [-0.25, -0.2) is 13.6 Å². The smallest absolute Gasteiger partial charge is 0.328 e. The van der Waals surface area contributed by atoms with Gasteiger partial charge >= 0.3 is 5.97 Å². The van der Waals surface area contributed by atoms with Crippen molar-refractivity contribution in [3.63, 3.8) is 0 Å². The molecule has 0 fully saturated rings. The van der Waals surface area contributed by atoms with E-state index in [4.69, 9.17) is 9.84 Å². The highest BCUT2D eigenvalue weighted by atomic mass is 19.1. The van der Waals surface area contributed by atoms with Crippen molar-refractivity contribution in [2.45, 2.75) is 6.92 Å². The van der Waals surface area contributed by atoms with Gasteiger partial charge in [-0.1, -0.05) is 6.58 Å².